The third-order valence-electron chi connectivity index (χ3n) is 2.54. The van der Waals surface area contributed by atoms with Gasteiger partial charge < -0.3 is 4.90 Å². The number of halogens is 1. The Hall–Kier alpha value is -1.01. The van der Waals surface area contributed by atoms with E-state index >= 15 is 0 Å². The van der Waals surface area contributed by atoms with Gasteiger partial charge in [-0.3, -0.25) is 0 Å². The van der Waals surface area contributed by atoms with Gasteiger partial charge in [0.1, 0.15) is 6.07 Å². The van der Waals surface area contributed by atoms with Crippen molar-refractivity contribution in [2.75, 3.05) is 18.0 Å². The first kappa shape index (κ1) is 9.54. The zero-order chi connectivity index (χ0) is 9.97. The van der Waals surface area contributed by atoms with Crippen LogP contribution in [0.5, 0.6) is 0 Å². The number of hydrogen-bond donors (Lipinski definition) is 0. The summed E-state index contributed by atoms with van der Waals surface area (Å²) < 4.78 is 0.878. The summed E-state index contributed by atoms with van der Waals surface area (Å²) in [6, 6.07) is 8.16. The van der Waals surface area contributed by atoms with Crippen LogP contribution in [0.2, 0.25) is 0 Å². The first-order chi connectivity index (χ1) is 6.81. The Morgan fingerprint density at radius 1 is 1.29 bits per heavy atom. The molecule has 0 aliphatic carbocycles. The van der Waals surface area contributed by atoms with E-state index < -0.39 is 0 Å². The average Bonchev–Trinajstić information content (AvgIpc) is 2.71. The summed E-state index contributed by atoms with van der Waals surface area (Å²) in [5, 5.41) is 8.89. The van der Waals surface area contributed by atoms with Crippen molar-refractivity contribution < 1.29 is 0 Å². The van der Waals surface area contributed by atoms with E-state index in [1.165, 1.54) is 18.5 Å². The van der Waals surface area contributed by atoms with Crippen LogP contribution in [0.3, 0.4) is 0 Å². The predicted molar refractivity (Wildman–Crippen MR) is 60.3 cm³/mol. The van der Waals surface area contributed by atoms with Gasteiger partial charge in [0.25, 0.3) is 0 Å². The van der Waals surface area contributed by atoms with Crippen LogP contribution < -0.4 is 4.90 Å². The number of rotatable bonds is 1. The fourth-order valence-electron chi connectivity index (χ4n) is 1.77. The lowest BCUT2D eigenvalue weighted by Crippen LogP contribution is -2.17. The number of nitrogens with zero attached hydrogens (tertiary/aromatic N) is 2. The van der Waals surface area contributed by atoms with Crippen LogP contribution in [-0.4, -0.2) is 13.1 Å². The van der Waals surface area contributed by atoms with E-state index in [4.69, 9.17) is 5.26 Å². The molecule has 0 spiro atoms. The van der Waals surface area contributed by atoms with Gasteiger partial charge in [-0.2, -0.15) is 5.26 Å². The van der Waals surface area contributed by atoms with E-state index in [0.717, 1.165) is 23.1 Å². The topological polar surface area (TPSA) is 27.0 Å². The van der Waals surface area contributed by atoms with Gasteiger partial charge >= 0.3 is 0 Å². The van der Waals surface area contributed by atoms with Crippen LogP contribution in [0.25, 0.3) is 0 Å². The van der Waals surface area contributed by atoms with Gasteiger partial charge in [-0.15, -0.1) is 0 Å². The van der Waals surface area contributed by atoms with Crippen LogP contribution in [0, 0.1) is 11.3 Å². The Labute approximate surface area is 92.3 Å². The minimum absolute atomic E-state index is 0.717. The molecule has 3 heteroatoms. The maximum Gasteiger partial charge on any atom is 0.100 e. The van der Waals surface area contributed by atoms with Crippen LogP contribution in [-0.2, 0) is 0 Å². The smallest absolute Gasteiger partial charge is 0.100 e. The normalized spacial score (nSPS) is 15.6. The molecule has 1 aromatic carbocycles. The largest absolute Gasteiger partial charge is 0.371 e. The van der Waals surface area contributed by atoms with Crippen molar-refractivity contribution in [3.63, 3.8) is 0 Å². The highest BCUT2D eigenvalue weighted by molar-refractivity contribution is 9.10. The molecule has 0 saturated carbocycles. The average molecular weight is 251 g/mol. The van der Waals surface area contributed by atoms with Crippen molar-refractivity contribution in [1.29, 1.82) is 5.26 Å². The standard InChI is InChI=1S/C11H11BrN2/c12-11-4-3-10(7-9(11)8-13)14-5-1-2-6-14/h3-4,7H,1-2,5-6H2. The van der Waals surface area contributed by atoms with E-state index in [1.54, 1.807) is 0 Å². The monoisotopic (exact) mass is 250 g/mol. The number of anilines is 1. The number of hydrogen-bond acceptors (Lipinski definition) is 2. The number of benzene rings is 1. The molecule has 1 fully saturated rings. The second-order valence-electron chi connectivity index (χ2n) is 3.47. The van der Waals surface area contributed by atoms with E-state index in [-0.39, 0.29) is 0 Å². The van der Waals surface area contributed by atoms with Crippen molar-refractivity contribution in [2.45, 2.75) is 12.8 Å². The molecule has 0 amide bonds. The van der Waals surface area contributed by atoms with Crippen molar-refractivity contribution in [3.05, 3.63) is 28.2 Å². The molecule has 0 aromatic heterocycles. The Bertz CT molecular complexity index is 375. The van der Waals surface area contributed by atoms with Crippen LogP contribution in [0.15, 0.2) is 22.7 Å². The molecule has 1 aliphatic heterocycles. The molecule has 0 bridgehead atoms. The van der Waals surface area contributed by atoms with Gasteiger partial charge in [0.05, 0.1) is 5.56 Å². The molecule has 1 aliphatic rings. The SMILES string of the molecule is N#Cc1cc(N2CCCC2)ccc1Br. The summed E-state index contributed by atoms with van der Waals surface area (Å²) in [5.74, 6) is 0. The highest BCUT2D eigenvalue weighted by atomic mass is 79.9. The van der Waals surface area contributed by atoms with Gasteiger partial charge in [-0.05, 0) is 47.0 Å². The fourth-order valence-corrected chi connectivity index (χ4v) is 2.11. The zero-order valence-electron chi connectivity index (χ0n) is 7.83. The molecule has 2 rings (SSSR count). The van der Waals surface area contributed by atoms with Crippen molar-refractivity contribution >= 4 is 21.6 Å². The van der Waals surface area contributed by atoms with E-state index in [9.17, 15) is 0 Å². The van der Waals surface area contributed by atoms with Crippen LogP contribution >= 0.6 is 15.9 Å². The quantitative estimate of drug-likeness (QED) is 0.767. The first-order valence-electron chi connectivity index (χ1n) is 4.76. The second kappa shape index (κ2) is 4.02. The zero-order valence-corrected chi connectivity index (χ0v) is 9.42. The van der Waals surface area contributed by atoms with Crippen molar-refractivity contribution in [2.24, 2.45) is 0 Å². The lowest BCUT2D eigenvalue weighted by molar-refractivity contribution is 0.949. The molecule has 1 aromatic rings. The lowest BCUT2D eigenvalue weighted by Gasteiger charge is -2.17. The fraction of sp³-hybridized carbons (Fsp3) is 0.364. The molecule has 0 radical (unpaired) electrons. The molecule has 2 nitrogen and oxygen atoms in total. The molecule has 14 heavy (non-hydrogen) atoms. The number of nitriles is 1. The van der Waals surface area contributed by atoms with Crippen molar-refractivity contribution in [1.82, 2.24) is 0 Å². The molecule has 0 unspecified atom stereocenters. The third-order valence-corrected chi connectivity index (χ3v) is 3.23. The van der Waals surface area contributed by atoms with Gasteiger partial charge in [-0.25, -0.2) is 0 Å². The van der Waals surface area contributed by atoms with Crippen LogP contribution in [0.4, 0.5) is 5.69 Å². The van der Waals surface area contributed by atoms with Gasteiger partial charge in [0.15, 0.2) is 0 Å². The molecule has 0 N–H and O–H groups in total. The van der Waals surface area contributed by atoms with Crippen LogP contribution in [0.1, 0.15) is 18.4 Å². The molecular weight excluding hydrogens is 240 g/mol. The summed E-state index contributed by atoms with van der Waals surface area (Å²) in [5.41, 5.74) is 1.89. The summed E-state index contributed by atoms with van der Waals surface area (Å²) in [6.45, 7) is 2.24. The third kappa shape index (κ3) is 1.76. The van der Waals surface area contributed by atoms with E-state index in [2.05, 4.69) is 33.0 Å². The molecule has 72 valence electrons. The first-order valence-corrected chi connectivity index (χ1v) is 5.55. The minimum atomic E-state index is 0.717. The maximum atomic E-state index is 8.89. The summed E-state index contributed by atoms with van der Waals surface area (Å²) in [4.78, 5) is 2.33. The molecule has 0 atom stereocenters. The minimum Gasteiger partial charge on any atom is -0.371 e. The highest BCUT2D eigenvalue weighted by Crippen LogP contribution is 2.25. The Balaban J connectivity index is 2.31. The lowest BCUT2D eigenvalue weighted by atomic mass is 10.2. The Kier molecular flexibility index (Phi) is 2.74. The second-order valence-corrected chi connectivity index (χ2v) is 4.32. The van der Waals surface area contributed by atoms with Gasteiger partial charge in [0.2, 0.25) is 0 Å². The van der Waals surface area contributed by atoms with E-state index in [0.29, 0.717) is 0 Å². The van der Waals surface area contributed by atoms with E-state index in [1.807, 2.05) is 12.1 Å². The summed E-state index contributed by atoms with van der Waals surface area (Å²) in [6.07, 6.45) is 2.52. The van der Waals surface area contributed by atoms with Gasteiger partial charge in [0, 0.05) is 23.2 Å². The van der Waals surface area contributed by atoms with Gasteiger partial charge in [-0.1, -0.05) is 0 Å². The molecule has 1 saturated heterocycles. The predicted octanol–water partition coefficient (Wildman–Crippen LogP) is 2.92. The Morgan fingerprint density at radius 2 is 2.00 bits per heavy atom. The highest BCUT2D eigenvalue weighted by Gasteiger charge is 2.13. The summed E-state index contributed by atoms with van der Waals surface area (Å²) in [7, 11) is 0. The molecular formula is C11H11BrN2. The van der Waals surface area contributed by atoms with Crippen molar-refractivity contribution in [3.8, 4) is 6.07 Å². The maximum absolute atomic E-state index is 8.89. The summed E-state index contributed by atoms with van der Waals surface area (Å²) >= 11 is 3.36. The molecule has 1 heterocycles. The Morgan fingerprint density at radius 3 is 2.64 bits per heavy atom.